The number of hydrogen-bond acceptors (Lipinski definition) is 7. The van der Waals surface area contributed by atoms with E-state index in [1.807, 2.05) is 30.3 Å². The Hall–Kier alpha value is -4.67. The van der Waals surface area contributed by atoms with Crippen LogP contribution in [-0.2, 0) is 25.7 Å². The van der Waals surface area contributed by atoms with Crippen LogP contribution < -0.4 is 16.4 Å². The normalized spacial score (nSPS) is 15.1. The second-order valence-electron chi connectivity index (χ2n) is 9.62. The highest BCUT2D eigenvalue weighted by Crippen LogP contribution is 2.25. The number of nitrogens with two attached hydrogens (primary N) is 1. The maximum Gasteiger partial charge on any atom is 0.408 e. The standard InChI is InChI=1S/C27H31N5O4.C2H4O2/c1-17(2)36-27(35)31-23(19-7-4-3-5-8-19)26(34)32-14-6-9-22(32)25(33)30-16-18-10-11-21-20(15-18)12-13-29-24(21)28;1-2(3)4/h3-5,7-8,10-13,15,17,22-23H,6,9,14,16H2,1-2H3,(H2,28,29)(H,30,33)(H,31,35);1H3,(H,3,4)/t22-,23+;/m0./s1. The number of likely N-dealkylation sites (tertiary alicyclic amines) is 1. The van der Waals surface area contributed by atoms with Crippen molar-refractivity contribution in [3.63, 3.8) is 0 Å². The van der Waals surface area contributed by atoms with Crippen LogP contribution in [0, 0.1) is 0 Å². The number of aromatic nitrogens is 1. The fourth-order valence-electron chi connectivity index (χ4n) is 4.44. The molecular weight excluding hydrogens is 514 g/mol. The summed E-state index contributed by atoms with van der Waals surface area (Å²) in [6.45, 7) is 5.31. The maximum atomic E-state index is 13.6. The summed E-state index contributed by atoms with van der Waals surface area (Å²) in [4.78, 5) is 53.7. The molecule has 1 aliphatic heterocycles. The highest BCUT2D eigenvalue weighted by Gasteiger charge is 2.38. The van der Waals surface area contributed by atoms with E-state index >= 15 is 0 Å². The molecule has 3 aromatic rings. The number of carbonyl (C=O) groups excluding carboxylic acids is 3. The summed E-state index contributed by atoms with van der Waals surface area (Å²) >= 11 is 0. The van der Waals surface area contributed by atoms with Crippen LogP contribution in [0.4, 0.5) is 10.6 Å². The van der Waals surface area contributed by atoms with Crippen LogP contribution in [0.2, 0.25) is 0 Å². The molecule has 2 atom stereocenters. The SMILES string of the molecule is CC(=O)O.CC(C)OC(=O)N[C@@H](C(=O)N1CCC[C@H]1C(=O)NCc1ccc2c(N)nccc2c1)c1ccccc1. The zero-order valence-electron chi connectivity index (χ0n) is 22.8. The van der Waals surface area contributed by atoms with Crippen LogP contribution in [0.15, 0.2) is 60.8 Å². The largest absolute Gasteiger partial charge is 0.481 e. The van der Waals surface area contributed by atoms with Crippen LogP contribution in [0.3, 0.4) is 0 Å². The molecule has 40 heavy (non-hydrogen) atoms. The first-order valence-corrected chi connectivity index (χ1v) is 13.0. The van der Waals surface area contributed by atoms with Crippen molar-refractivity contribution in [1.82, 2.24) is 20.5 Å². The molecule has 4 rings (SSSR count). The average Bonchev–Trinajstić information content (AvgIpc) is 3.40. The number of fused-ring (bicyclic) bond motifs is 1. The monoisotopic (exact) mass is 549 g/mol. The Labute approximate surface area is 232 Å². The smallest absolute Gasteiger partial charge is 0.408 e. The van der Waals surface area contributed by atoms with Gasteiger partial charge < -0.3 is 31.1 Å². The van der Waals surface area contributed by atoms with Crippen LogP contribution in [0.1, 0.15) is 50.8 Å². The number of anilines is 1. The van der Waals surface area contributed by atoms with Gasteiger partial charge in [0.25, 0.3) is 11.9 Å². The van der Waals surface area contributed by atoms with Gasteiger partial charge in [0, 0.05) is 31.6 Å². The number of carboxylic acid groups (broad SMARTS) is 1. The summed E-state index contributed by atoms with van der Waals surface area (Å²) in [5.41, 5.74) is 7.46. The van der Waals surface area contributed by atoms with Crippen molar-refractivity contribution >= 4 is 40.5 Å². The summed E-state index contributed by atoms with van der Waals surface area (Å²) in [5.74, 6) is -0.943. The van der Waals surface area contributed by atoms with Crippen molar-refractivity contribution in [1.29, 1.82) is 0 Å². The van der Waals surface area contributed by atoms with Gasteiger partial charge >= 0.3 is 6.09 Å². The number of amides is 3. The van der Waals surface area contributed by atoms with Crippen molar-refractivity contribution in [2.24, 2.45) is 0 Å². The summed E-state index contributed by atoms with van der Waals surface area (Å²) in [5, 5.41) is 14.9. The number of hydrogen-bond donors (Lipinski definition) is 4. The summed E-state index contributed by atoms with van der Waals surface area (Å²) in [7, 11) is 0. The number of carbonyl (C=O) groups is 4. The van der Waals surface area contributed by atoms with E-state index in [9.17, 15) is 14.4 Å². The lowest BCUT2D eigenvalue weighted by Crippen LogP contribution is -2.50. The molecule has 1 aromatic heterocycles. The molecule has 0 aliphatic carbocycles. The lowest BCUT2D eigenvalue weighted by atomic mass is 10.0. The number of nitrogens with zero attached hydrogens (tertiary/aromatic N) is 2. The molecule has 2 heterocycles. The van der Waals surface area contributed by atoms with E-state index in [2.05, 4.69) is 15.6 Å². The molecule has 1 fully saturated rings. The van der Waals surface area contributed by atoms with Gasteiger partial charge in [-0.05, 0) is 55.3 Å². The molecule has 3 amide bonds. The maximum absolute atomic E-state index is 13.6. The van der Waals surface area contributed by atoms with Crippen molar-refractivity contribution in [3.8, 4) is 0 Å². The third kappa shape index (κ3) is 8.16. The first-order valence-electron chi connectivity index (χ1n) is 13.0. The van der Waals surface area contributed by atoms with E-state index in [0.717, 1.165) is 23.3 Å². The minimum atomic E-state index is -0.953. The third-order valence-electron chi connectivity index (χ3n) is 6.15. The predicted octanol–water partition coefficient (Wildman–Crippen LogP) is 3.39. The first-order chi connectivity index (χ1) is 19.1. The fraction of sp³-hybridized carbons (Fsp3) is 0.345. The van der Waals surface area contributed by atoms with Crippen molar-refractivity contribution in [2.75, 3.05) is 12.3 Å². The fourth-order valence-corrected chi connectivity index (χ4v) is 4.44. The van der Waals surface area contributed by atoms with E-state index < -0.39 is 24.1 Å². The van der Waals surface area contributed by atoms with Gasteiger partial charge in [-0.3, -0.25) is 14.4 Å². The van der Waals surface area contributed by atoms with E-state index in [1.54, 1.807) is 49.2 Å². The number of aliphatic carboxylic acids is 1. The summed E-state index contributed by atoms with van der Waals surface area (Å²) in [6, 6.07) is 15.0. The molecule has 1 aliphatic rings. The van der Waals surface area contributed by atoms with Crippen molar-refractivity contribution in [2.45, 2.75) is 58.3 Å². The van der Waals surface area contributed by atoms with Crippen LogP contribution in [0.5, 0.6) is 0 Å². The Morgan fingerprint density at radius 1 is 1.12 bits per heavy atom. The van der Waals surface area contributed by atoms with Crippen LogP contribution >= 0.6 is 0 Å². The number of rotatable bonds is 7. The lowest BCUT2D eigenvalue weighted by Gasteiger charge is -2.29. The number of nitrogens with one attached hydrogen (secondary N) is 2. The minimum absolute atomic E-state index is 0.230. The van der Waals surface area contributed by atoms with Crippen molar-refractivity contribution < 1.29 is 29.0 Å². The Bertz CT molecular complexity index is 1340. The average molecular weight is 550 g/mol. The van der Waals surface area contributed by atoms with E-state index in [4.69, 9.17) is 20.4 Å². The Morgan fingerprint density at radius 2 is 1.82 bits per heavy atom. The lowest BCUT2D eigenvalue weighted by molar-refractivity contribution is -0.140. The zero-order valence-corrected chi connectivity index (χ0v) is 22.8. The molecule has 11 heteroatoms. The Balaban J connectivity index is 0.00000103. The van der Waals surface area contributed by atoms with Crippen molar-refractivity contribution in [3.05, 3.63) is 71.9 Å². The minimum Gasteiger partial charge on any atom is -0.481 e. The molecule has 5 N–H and O–H groups in total. The van der Waals surface area contributed by atoms with Gasteiger partial charge in [0.05, 0.1) is 6.10 Å². The number of pyridine rings is 1. The Kier molecular flexibility index (Phi) is 10.4. The van der Waals surface area contributed by atoms with Gasteiger partial charge in [-0.1, -0.05) is 42.5 Å². The molecule has 0 saturated carbocycles. The number of nitrogen functional groups attached to an aromatic ring is 1. The number of carboxylic acids is 1. The molecule has 0 radical (unpaired) electrons. The molecule has 0 unspecified atom stereocenters. The molecule has 0 spiro atoms. The second-order valence-corrected chi connectivity index (χ2v) is 9.62. The Morgan fingerprint density at radius 3 is 2.50 bits per heavy atom. The summed E-state index contributed by atoms with van der Waals surface area (Å²) < 4.78 is 5.20. The molecule has 11 nitrogen and oxygen atoms in total. The third-order valence-corrected chi connectivity index (χ3v) is 6.15. The van der Waals surface area contributed by atoms with E-state index in [0.29, 0.717) is 37.3 Å². The number of ether oxygens (including phenoxy) is 1. The number of benzene rings is 2. The molecule has 212 valence electrons. The molecule has 1 saturated heterocycles. The summed E-state index contributed by atoms with van der Waals surface area (Å²) in [6.07, 6.45) is 1.89. The van der Waals surface area contributed by atoms with Gasteiger partial charge in [0.2, 0.25) is 5.91 Å². The highest BCUT2D eigenvalue weighted by atomic mass is 16.6. The predicted molar refractivity (Wildman–Crippen MR) is 150 cm³/mol. The molecule has 2 aromatic carbocycles. The van der Waals surface area contributed by atoms with Gasteiger partial charge in [0.1, 0.15) is 17.9 Å². The van der Waals surface area contributed by atoms with Gasteiger partial charge in [-0.25, -0.2) is 9.78 Å². The van der Waals surface area contributed by atoms with Gasteiger partial charge in [-0.2, -0.15) is 0 Å². The quantitative estimate of drug-likeness (QED) is 0.348. The van der Waals surface area contributed by atoms with E-state index in [-0.39, 0.29) is 17.9 Å². The van der Waals surface area contributed by atoms with Gasteiger partial charge in [0.15, 0.2) is 0 Å². The van der Waals surface area contributed by atoms with Gasteiger partial charge in [-0.15, -0.1) is 0 Å². The zero-order chi connectivity index (χ0) is 29.2. The topological polar surface area (TPSA) is 164 Å². The van der Waals surface area contributed by atoms with Crippen LogP contribution in [-0.4, -0.2) is 57.6 Å². The second kappa shape index (κ2) is 13.9. The first kappa shape index (κ1) is 29.9. The molecular formula is C29H35N5O6. The highest BCUT2D eigenvalue weighted by molar-refractivity contribution is 5.93. The number of alkyl carbamates (subject to hydrolysis) is 1. The van der Waals surface area contributed by atoms with E-state index in [1.165, 1.54) is 0 Å². The van der Waals surface area contributed by atoms with Crippen LogP contribution in [0.25, 0.3) is 10.8 Å². The molecule has 0 bridgehead atoms.